The number of aromatic nitrogens is 3. The maximum atomic E-state index is 9.45. The fraction of sp³-hybridized carbons (Fsp3) is 0.818. The van der Waals surface area contributed by atoms with Crippen LogP contribution in [0.4, 0.5) is 0 Å². The first-order chi connectivity index (χ1) is 8.15. The third-order valence-corrected chi connectivity index (χ3v) is 2.43. The topological polar surface area (TPSA) is 72.2 Å². The maximum Gasteiger partial charge on any atom is 0.141 e. The smallest absolute Gasteiger partial charge is 0.141 e. The quantitative estimate of drug-likeness (QED) is 0.643. The summed E-state index contributed by atoms with van der Waals surface area (Å²) in [6.07, 6.45) is 1.83. The summed E-state index contributed by atoms with van der Waals surface area (Å²) in [6.45, 7) is 5.91. The van der Waals surface area contributed by atoms with Crippen molar-refractivity contribution >= 4 is 0 Å². The predicted octanol–water partition coefficient (Wildman–Crippen LogP) is 0.346. The van der Waals surface area contributed by atoms with Crippen LogP contribution in [0, 0.1) is 0 Å². The first-order valence-electron chi connectivity index (χ1n) is 5.91. The molecule has 0 saturated heterocycles. The van der Waals surface area contributed by atoms with E-state index in [1.165, 1.54) is 0 Å². The summed E-state index contributed by atoms with van der Waals surface area (Å²) < 4.78 is 6.74. The zero-order valence-electron chi connectivity index (χ0n) is 10.8. The molecule has 0 aliphatic rings. The van der Waals surface area contributed by atoms with Crippen LogP contribution in [-0.2, 0) is 11.3 Å². The molecule has 2 N–H and O–H groups in total. The first-order valence-corrected chi connectivity index (χ1v) is 5.91. The summed E-state index contributed by atoms with van der Waals surface area (Å²) in [7, 11) is 1.59. The molecule has 0 radical (unpaired) electrons. The van der Waals surface area contributed by atoms with Gasteiger partial charge in [0.15, 0.2) is 0 Å². The summed E-state index contributed by atoms with van der Waals surface area (Å²) in [4.78, 5) is 4.19. The Morgan fingerprint density at radius 3 is 2.94 bits per heavy atom. The number of hydrogen-bond acceptors (Lipinski definition) is 5. The largest absolute Gasteiger partial charge is 0.391 e. The second-order valence-electron chi connectivity index (χ2n) is 4.29. The van der Waals surface area contributed by atoms with Crippen molar-refractivity contribution in [3.8, 4) is 0 Å². The average molecular weight is 242 g/mol. The van der Waals surface area contributed by atoms with Crippen molar-refractivity contribution in [2.75, 3.05) is 20.3 Å². The second kappa shape index (κ2) is 7.37. The van der Waals surface area contributed by atoms with Crippen molar-refractivity contribution in [2.24, 2.45) is 0 Å². The Balaban J connectivity index is 2.24. The standard InChI is InChI=1S/C11H22N4O2/c1-9(2)15-11(13-8-14-15)6-12-5-4-10(16)7-17-3/h8-10,12,16H,4-7H2,1-3H3. The van der Waals surface area contributed by atoms with Crippen LogP contribution in [0.2, 0.25) is 0 Å². The first kappa shape index (κ1) is 14.1. The molecular formula is C11H22N4O2. The van der Waals surface area contributed by atoms with Gasteiger partial charge in [-0.1, -0.05) is 0 Å². The Morgan fingerprint density at radius 1 is 1.53 bits per heavy atom. The van der Waals surface area contributed by atoms with Gasteiger partial charge in [0.1, 0.15) is 12.2 Å². The average Bonchev–Trinajstić information content (AvgIpc) is 2.73. The molecule has 1 atom stereocenters. The lowest BCUT2D eigenvalue weighted by Gasteiger charge is -2.11. The highest BCUT2D eigenvalue weighted by atomic mass is 16.5. The molecule has 6 heteroatoms. The monoisotopic (exact) mass is 242 g/mol. The number of rotatable bonds is 8. The van der Waals surface area contributed by atoms with E-state index in [-0.39, 0.29) is 0 Å². The van der Waals surface area contributed by atoms with Crippen molar-refractivity contribution in [3.63, 3.8) is 0 Å². The van der Waals surface area contributed by atoms with E-state index in [0.717, 1.165) is 12.4 Å². The molecule has 17 heavy (non-hydrogen) atoms. The molecule has 1 rings (SSSR count). The lowest BCUT2D eigenvalue weighted by Crippen LogP contribution is -2.24. The summed E-state index contributed by atoms with van der Waals surface area (Å²) >= 11 is 0. The van der Waals surface area contributed by atoms with Crippen LogP contribution in [0.25, 0.3) is 0 Å². The van der Waals surface area contributed by atoms with E-state index in [0.29, 0.717) is 25.6 Å². The normalized spacial score (nSPS) is 13.2. The number of aliphatic hydroxyl groups is 1. The molecule has 6 nitrogen and oxygen atoms in total. The Labute approximate surface area is 102 Å². The third-order valence-electron chi connectivity index (χ3n) is 2.43. The number of nitrogens with zero attached hydrogens (tertiary/aromatic N) is 3. The maximum absolute atomic E-state index is 9.45. The Bertz CT molecular complexity index is 314. The van der Waals surface area contributed by atoms with Crippen LogP contribution >= 0.6 is 0 Å². The molecule has 1 aromatic rings. The molecule has 0 bridgehead atoms. The molecule has 98 valence electrons. The van der Waals surface area contributed by atoms with E-state index >= 15 is 0 Å². The van der Waals surface area contributed by atoms with Crippen molar-refractivity contribution in [2.45, 2.75) is 39.0 Å². The lowest BCUT2D eigenvalue weighted by atomic mass is 10.2. The Kier molecular flexibility index (Phi) is 6.10. The van der Waals surface area contributed by atoms with Gasteiger partial charge in [0.2, 0.25) is 0 Å². The lowest BCUT2D eigenvalue weighted by molar-refractivity contribution is 0.0593. The second-order valence-corrected chi connectivity index (χ2v) is 4.29. The molecule has 1 unspecified atom stereocenters. The van der Waals surface area contributed by atoms with Crippen molar-refractivity contribution in [3.05, 3.63) is 12.2 Å². The fourth-order valence-electron chi connectivity index (χ4n) is 1.58. The minimum atomic E-state index is -0.407. The van der Waals surface area contributed by atoms with Gasteiger partial charge in [-0.05, 0) is 26.8 Å². The van der Waals surface area contributed by atoms with Gasteiger partial charge in [0.05, 0.1) is 19.3 Å². The third kappa shape index (κ3) is 4.80. The van der Waals surface area contributed by atoms with Gasteiger partial charge >= 0.3 is 0 Å². The molecule has 0 spiro atoms. The number of aliphatic hydroxyl groups excluding tert-OH is 1. The molecule has 0 fully saturated rings. The van der Waals surface area contributed by atoms with Crippen LogP contribution in [0.5, 0.6) is 0 Å². The van der Waals surface area contributed by atoms with Gasteiger partial charge in [-0.3, -0.25) is 0 Å². The molecular weight excluding hydrogens is 220 g/mol. The van der Waals surface area contributed by atoms with Gasteiger partial charge in [-0.2, -0.15) is 5.10 Å². The minimum Gasteiger partial charge on any atom is -0.391 e. The fourth-order valence-corrected chi connectivity index (χ4v) is 1.58. The van der Waals surface area contributed by atoms with Crippen LogP contribution < -0.4 is 5.32 Å². The molecule has 1 heterocycles. The highest BCUT2D eigenvalue weighted by Crippen LogP contribution is 2.04. The van der Waals surface area contributed by atoms with E-state index in [2.05, 4.69) is 29.2 Å². The number of hydrogen-bond donors (Lipinski definition) is 2. The molecule has 0 aliphatic carbocycles. The summed E-state index contributed by atoms with van der Waals surface area (Å²) in [5, 5.41) is 16.8. The van der Waals surface area contributed by atoms with Crippen LogP contribution in [0.1, 0.15) is 32.1 Å². The van der Waals surface area contributed by atoms with Crippen molar-refractivity contribution in [1.82, 2.24) is 20.1 Å². The molecule has 0 amide bonds. The van der Waals surface area contributed by atoms with Crippen molar-refractivity contribution < 1.29 is 9.84 Å². The van der Waals surface area contributed by atoms with Crippen LogP contribution in [0.3, 0.4) is 0 Å². The zero-order chi connectivity index (χ0) is 12.7. The van der Waals surface area contributed by atoms with Gasteiger partial charge < -0.3 is 15.2 Å². The SMILES string of the molecule is COCC(O)CCNCc1ncnn1C(C)C. The molecule has 1 aromatic heterocycles. The highest BCUT2D eigenvalue weighted by Gasteiger charge is 2.07. The zero-order valence-corrected chi connectivity index (χ0v) is 10.8. The van der Waals surface area contributed by atoms with Gasteiger partial charge in [-0.15, -0.1) is 0 Å². The molecule has 0 aromatic carbocycles. The Morgan fingerprint density at radius 2 is 2.29 bits per heavy atom. The number of ether oxygens (including phenoxy) is 1. The number of nitrogens with one attached hydrogen (secondary N) is 1. The van der Waals surface area contributed by atoms with E-state index in [1.807, 2.05) is 4.68 Å². The van der Waals surface area contributed by atoms with Gasteiger partial charge in [0.25, 0.3) is 0 Å². The highest BCUT2D eigenvalue weighted by molar-refractivity contribution is 4.85. The molecule has 0 aliphatic heterocycles. The number of methoxy groups -OCH3 is 1. The Hall–Kier alpha value is -0.980. The molecule has 0 saturated carbocycles. The predicted molar refractivity (Wildman–Crippen MR) is 64.6 cm³/mol. The van der Waals surface area contributed by atoms with Gasteiger partial charge in [0, 0.05) is 13.2 Å². The summed E-state index contributed by atoms with van der Waals surface area (Å²) in [6, 6.07) is 0.313. The van der Waals surface area contributed by atoms with E-state index in [4.69, 9.17) is 4.74 Å². The van der Waals surface area contributed by atoms with Crippen LogP contribution in [-0.4, -0.2) is 46.2 Å². The summed E-state index contributed by atoms with van der Waals surface area (Å²) in [5.41, 5.74) is 0. The van der Waals surface area contributed by atoms with E-state index in [1.54, 1.807) is 13.4 Å². The minimum absolute atomic E-state index is 0.313. The van der Waals surface area contributed by atoms with Crippen LogP contribution in [0.15, 0.2) is 6.33 Å². The van der Waals surface area contributed by atoms with Crippen molar-refractivity contribution in [1.29, 1.82) is 0 Å². The van der Waals surface area contributed by atoms with Gasteiger partial charge in [-0.25, -0.2) is 9.67 Å². The van der Waals surface area contributed by atoms with E-state index in [9.17, 15) is 5.11 Å². The summed E-state index contributed by atoms with van der Waals surface area (Å²) in [5.74, 6) is 0.918. The van der Waals surface area contributed by atoms with E-state index < -0.39 is 6.10 Å².